The second kappa shape index (κ2) is 7.87. The molecule has 8 heteroatoms. The summed E-state index contributed by atoms with van der Waals surface area (Å²) in [7, 11) is 1.88. The van der Waals surface area contributed by atoms with Crippen molar-refractivity contribution in [2.75, 3.05) is 24.6 Å². The molecule has 0 amide bonds. The Morgan fingerprint density at radius 3 is 2.59 bits per heavy atom. The molecule has 1 saturated heterocycles. The number of anilines is 1. The Morgan fingerprint density at radius 1 is 1.12 bits per heavy atom. The normalized spacial score (nSPS) is 15.2. The van der Waals surface area contributed by atoms with E-state index in [0.29, 0.717) is 25.9 Å². The fourth-order valence-corrected chi connectivity index (χ4v) is 4.37. The maximum Gasteiger partial charge on any atom is 0.156 e. The first kappa shape index (κ1) is 20.4. The highest BCUT2D eigenvalue weighted by molar-refractivity contribution is 5.89. The van der Waals surface area contributed by atoms with Gasteiger partial charge in [-0.1, -0.05) is 29.8 Å². The molecular formula is C24H26N6O2. The molecular weight excluding hydrogens is 404 g/mol. The number of aryl methyl sites for hydroxylation is 3. The zero-order valence-electron chi connectivity index (χ0n) is 18.3. The summed E-state index contributed by atoms with van der Waals surface area (Å²) < 4.78 is 3.56. The average Bonchev–Trinajstić information content (AvgIpc) is 3.39. The van der Waals surface area contributed by atoms with E-state index in [1.54, 1.807) is 9.20 Å². The molecule has 1 fully saturated rings. The van der Waals surface area contributed by atoms with Crippen molar-refractivity contribution >= 4 is 17.1 Å². The molecule has 1 aromatic carbocycles. The molecule has 0 saturated carbocycles. The molecule has 32 heavy (non-hydrogen) atoms. The van der Waals surface area contributed by atoms with Gasteiger partial charge in [0.1, 0.15) is 17.6 Å². The van der Waals surface area contributed by atoms with Crippen LogP contribution >= 0.6 is 0 Å². The van der Waals surface area contributed by atoms with Crippen molar-refractivity contribution in [3.05, 3.63) is 66.4 Å². The van der Waals surface area contributed by atoms with Gasteiger partial charge in [0.05, 0.1) is 18.2 Å². The number of fused-ring (bicyclic) bond motifs is 1. The first-order valence-electron chi connectivity index (χ1n) is 10.7. The van der Waals surface area contributed by atoms with E-state index >= 15 is 0 Å². The number of aromatic nitrogens is 5. The van der Waals surface area contributed by atoms with Gasteiger partial charge in [-0.05, 0) is 25.0 Å². The van der Waals surface area contributed by atoms with Crippen LogP contribution in [0.1, 0.15) is 17.5 Å². The number of rotatable bonds is 7. The zero-order valence-corrected chi connectivity index (χ0v) is 18.3. The highest BCUT2D eigenvalue weighted by Crippen LogP contribution is 2.37. The summed E-state index contributed by atoms with van der Waals surface area (Å²) in [6.07, 6.45) is 8.35. The van der Waals surface area contributed by atoms with Crippen molar-refractivity contribution in [3.63, 3.8) is 0 Å². The van der Waals surface area contributed by atoms with E-state index in [1.807, 2.05) is 43.5 Å². The number of hydrogen-bond acceptors (Lipinski definition) is 6. The predicted octanol–water partition coefficient (Wildman–Crippen LogP) is 2.44. The van der Waals surface area contributed by atoms with E-state index in [2.05, 4.69) is 39.4 Å². The minimum Gasteiger partial charge on any atom is -0.395 e. The monoisotopic (exact) mass is 430 g/mol. The summed E-state index contributed by atoms with van der Waals surface area (Å²) in [5.41, 5.74) is 4.49. The van der Waals surface area contributed by atoms with E-state index in [9.17, 15) is 9.90 Å². The van der Waals surface area contributed by atoms with Crippen LogP contribution in [0.3, 0.4) is 0 Å². The van der Waals surface area contributed by atoms with Gasteiger partial charge >= 0.3 is 0 Å². The molecule has 1 aliphatic heterocycles. The number of carbonyl (C=O) groups excluding carboxylic acids is 1. The van der Waals surface area contributed by atoms with Crippen LogP contribution in [0.4, 0.5) is 5.82 Å². The van der Waals surface area contributed by atoms with Crippen molar-refractivity contribution in [1.29, 1.82) is 0 Å². The van der Waals surface area contributed by atoms with Crippen LogP contribution in [0.5, 0.6) is 0 Å². The number of aliphatic hydroxyl groups is 1. The van der Waals surface area contributed by atoms with Gasteiger partial charge in [-0.2, -0.15) is 10.2 Å². The Bertz CT molecular complexity index is 1270. The molecule has 5 rings (SSSR count). The third-order valence-corrected chi connectivity index (χ3v) is 6.37. The summed E-state index contributed by atoms with van der Waals surface area (Å²) >= 11 is 0. The van der Waals surface area contributed by atoms with Crippen molar-refractivity contribution in [3.8, 4) is 11.1 Å². The van der Waals surface area contributed by atoms with E-state index in [-0.39, 0.29) is 12.4 Å². The number of Topliss-reactive ketones (excluding diaryl/α,β-unsaturated/α-hetero) is 1. The van der Waals surface area contributed by atoms with Crippen molar-refractivity contribution in [1.82, 2.24) is 24.4 Å². The molecule has 3 aromatic heterocycles. The number of nitrogens with zero attached hydrogens (tertiary/aromatic N) is 6. The lowest BCUT2D eigenvalue weighted by atomic mass is 9.75. The van der Waals surface area contributed by atoms with Crippen LogP contribution < -0.4 is 4.90 Å². The number of hydrogen-bond donors (Lipinski definition) is 1. The number of ketones is 1. The summed E-state index contributed by atoms with van der Waals surface area (Å²) in [5.74, 6) is 0.874. The second-order valence-electron chi connectivity index (χ2n) is 8.75. The van der Waals surface area contributed by atoms with E-state index in [0.717, 1.165) is 28.0 Å². The fourth-order valence-electron chi connectivity index (χ4n) is 4.37. The van der Waals surface area contributed by atoms with Crippen LogP contribution in [-0.4, -0.2) is 55.0 Å². The molecule has 0 spiro atoms. The topological polar surface area (TPSA) is 88.5 Å². The third-order valence-electron chi connectivity index (χ3n) is 6.37. The van der Waals surface area contributed by atoms with Crippen LogP contribution in [-0.2, 0) is 18.3 Å². The summed E-state index contributed by atoms with van der Waals surface area (Å²) in [6, 6.07) is 10.3. The number of carbonyl (C=O) groups is 1. The van der Waals surface area contributed by atoms with Crippen LogP contribution in [0.2, 0.25) is 0 Å². The molecule has 8 nitrogen and oxygen atoms in total. The molecule has 0 bridgehead atoms. The smallest absolute Gasteiger partial charge is 0.156 e. The Balaban J connectivity index is 1.32. The first-order chi connectivity index (χ1) is 15.5. The standard InChI is InChI=1S/C24H26N6O2/c1-17-3-5-18(6-4-17)7-8-22(32)24(15-31)13-29(14-24)23-21-9-19(12-30(21)27-16-25-23)20-10-26-28(2)11-20/h3-6,9-12,16,31H,7-8,13-15H2,1-2H3. The van der Waals surface area contributed by atoms with E-state index in [1.165, 1.54) is 11.9 Å². The van der Waals surface area contributed by atoms with Crippen LogP contribution in [0.15, 0.2) is 55.2 Å². The number of benzene rings is 1. The van der Waals surface area contributed by atoms with Gasteiger partial charge in [-0.15, -0.1) is 0 Å². The zero-order chi connectivity index (χ0) is 22.3. The van der Waals surface area contributed by atoms with Gasteiger partial charge in [-0.3, -0.25) is 9.48 Å². The highest BCUT2D eigenvalue weighted by atomic mass is 16.3. The summed E-state index contributed by atoms with van der Waals surface area (Å²) in [4.78, 5) is 19.5. The van der Waals surface area contributed by atoms with Crippen LogP contribution in [0, 0.1) is 12.3 Å². The van der Waals surface area contributed by atoms with Gasteiger partial charge in [0.2, 0.25) is 0 Å². The number of aliphatic hydroxyl groups excluding tert-OH is 1. The van der Waals surface area contributed by atoms with Crippen LogP contribution in [0.25, 0.3) is 16.6 Å². The molecule has 1 N–H and O–H groups in total. The molecule has 0 aliphatic carbocycles. The quantitative estimate of drug-likeness (QED) is 0.485. The van der Waals surface area contributed by atoms with Crippen molar-refractivity contribution in [2.45, 2.75) is 19.8 Å². The fraction of sp³-hybridized carbons (Fsp3) is 0.333. The Hall–Kier alpha value is -3.52. The molecule has 164 valence electrons. The van der Waals surface area contributed by atoms with Gasteiger partial charge in [0.25, 0.3) is 0 Å². The molecule has 0 atom stereocenters. The Labute approximate surface area is 186 Å². The minimum absolute atomic E-state index is 0.105. The lowest BCUT2D eigenvalue weighted by Crippen LogP contribution is -2.63. The maximum absolute atomic E-state index is 13.0. The van der Waals surface area contributed by atoms with Crippen molar-refractivity contribution < 1.29 is 9.90 Å². The van der Waals surface area contributed by atoms with Gasteiger partial charge < -0.3 is 10.0 Å². The molecule has 0 unspecified atom stereocenters. The SMILES string of the molecule is Cc1ccc(CCC(=O)C2(CO)CN(c3ncnn4cc(-c5cnn(C)c5)cc34)C2)cc1. The van der Waals surface area contributed by atoms with E-state index < -0.39 is 5.41 Å². The lowest BCUT2D eigenvalue weighted by Gasteiger charge is -2.48. The Morgan fingerprint density at radius 2 is 1.91 bits per heavy atom. The molecule has 4 heterocycles. The first-order valence-corrected chi connectivity index (χ1v) is 10.7. The summed E-state index contributed by atoms with van der Waals surface area (Å²) in [5, 5.41) is 18.6. The lowest BCUT2D eigenvalue weighted by molar-refractivity contribution is -0.132. The summed E-state index contributed by atoms with van der Waals surface area (Å²) in [6.45, 7) is 2.81. The largest absolute Gasteiger partial charge is 0.395 e. The van der Waals surface area contributed by atoms with E-state index in [4.69, 9.17) is 0 Å². The highest BCUT2D eigenvalue weighted by Gasteiger charge is 2.49. The molecule has 4 aromatic rings. The van der Waals surface area contributed by atoms with Gasteiger partial charge in [0.15, 0.2) is 5.82 Å². The van der Waals surface area contributed by atoms with Gasteiger partial charge in [0, 0.05) is 50.1 Å². The van der Waals surface area contributed by atoms with Gasteiger partial charge in [-0.25, -0.2) is 9.50 Å². The third kappa shape index (κ3) is 3.56. The average molecular weight is 431 g/mol. The molecule has 0 radical (unpaired) electrons. The molecule has 1 aliphatic rings. The second-order valence-corrected chi connectivity index (χ2v) is 8.75. The minimum atomic E-state index is -0.731. The van der Waals surface area contributed by atoms with Crippen molar-refractivity contribution in [2.24, 2.45) is 12.5 Å². The maximum atomic E-state index is 13.0. The predicted molar refractivity (Wildman–Crippen MR) is 121 cm³/mol. The Kier molecular flexibility index (Phi) is 5.01.